The lowest BCUT2D eigenvalue weighted by Gasteiger charge is -1.86. The summed E-state index contributed by atoms with van der Waals surface area (Å²) in [6, 6.07) is 0. The molecule has 1 aliphatic rings. The van der Waals surface area contributed by atoms with Crippen LogP contribution in [0.3, 0.4) is 0 Å². The molecule has 10 heavy (non-hydrogen) atoms. The van der Waals surface area contributed by atoms with E-state index in [4.69, 9.17) is 11.6 Å². The molecule has 0 saturated carbocycles. The fraction of sp³-hybridized carbons (Fsp3) is 1.00. The zero-order valence-corrected chi connectivity index (χ0v) is 7.61. The Bertz CT molecular complexity index is 72.0. The molecule has 1 saturated heterocycles. The van der Waals surface area contributed by atoms with Crippen molar-refractivity contribution >= 4 is 11.6 Å². The first-order valence-corrected chi connectivity index (χ1v) is 4.16. The Kier molecular flexibility index (Phi) is 6.08. The molecule has 2 nitrogen and oxygen atoms in total. The summed E-state index contributed by atoms with van der Waals surface area (Å²) in [7, 11) is 0. The van der Waals surface area contributed by atoms with Gasteiger partial charge in [0.05, 0.1) is 6.10 Å². The zero-order valence-electron chi connectivity index (χ0n) is 6.86. The van der Waals surface area contributed by atoms with E-state index in [-0.39, 0.29) is 5.56 Å². The Hall–Kier alpha value is 0.210. The van der Waals surface area contributed by atoms with Gasteiger partial charge in [0.2, 0.25) is 0 Å². The largest absolute Gasteiger partial charge is 0.353 e. The lowest BCUT2D eigenvalue weighted by atomic mass is 10.6. The molecule has 0 aromatic heterocycles. The minimum Gasteiger partial charge on any atom is -0.353 e. The molecule has 3 heteroatoms. The number of epoxide rings is 1. The third-order valence-electron chi connectivity index (χ3n) is 1.14. The molecule has 0 radical (unpaired) electrons. The molecule has 1 aliphatic heterocycles. The van der Waals surface area contributed by atoms with Crippen molar-refractivity contribution in [2.24, 2.45) is 0 Å². The van der Waals surface area contributed by atoms with Crippen LogP contribution in [0.15, 0.2) is 0 Å². The van der Waals surface area contributed by atoms with E-state index in [9.17, 15) is 0 Å². The van der Waals surface area contributed by atoms with E-state index < -0.39 is 0 Å². The first-order valence-electron chi connectivity index (χ1n) is 3.72. The van der Waals surface area contributed by atoms with Gasteiger partial charge in [0.25, 0.3) is 0 Å². The molecule has 1 fully saturated rings. The van der Waals surface area contributed by atoms with E-state index in [2.05, 4.69) is 23.9 Å². The van der Waals surface area contributed by atoms with Crippen molar-refractivity contribution in [3.05, 3.63) is 0 Å². The fourth-order valence-electron chi connectivity index (χ4n) is 0.410. The zero-order chi connectivity index (χ0) is 7.98. The Morgan fingerprint density at radius 2 is 1.70 bits per heavy atom. The number of hydrogen-bond donors (Lipinski definition) is 1. The second kappa shape index (κ2) is 5.96. The molecule has 62 valence electrons. The lowest BCUT2D eigenvalue weighted by molar-refractivity contribution is 0.411. The van der Waals surface area contributed by atoms with Gasteiger partial charge in [-0.2, -0.15) is 0 Å². The van der Waals surface area contributed by atoms with Gasteiger partial charge in [-0.25, -0.2) is 0 Å². The maximum Gasteiger partial charge on any atom is 0.157 e. The predicted molar refractivity (Wildman–Crippen MR) is 44.4 cm³/mol. The summed E-state index contributed by atoms with van der Waals surface area (Å²) < 4.78 is 4.68. The van der Waals surface area contributed by atoms with Crippen LogP contribution in [-0.2, 0) is 4.74 Å². The molecule has 0 aromatic rings. The summed E-state index contributed by atoms with van der Waals surface area (Å²) >= 11 is 5.31. The number of ether oxygens (including phenoxy) is 1. The highest BCUT2D eigenvalue weighted by molar-refractivity contribution is 6.21. The molecule has 2 atom stereocenters. The lowest BCUT2D eigenvalue weighted by Crippen LogP contribution is -2.09. The van der Waals surface area contributed by atoms with Gasteiger partial charge < -0.3 is 10.1 Å². The molecule has 0 bridgehead atoms. The van der Waals surface area contributed by atoms with Gasteiger partial charge in [0.1, 0.15) is 0 Å². The highest BCUT2D eigenvalue weighted by Gasteiger charge is 2.30. The molecule has 0 spiro atoms. The fourth-order valence-corrected chi connectivity index (χ4v) is 0.572. The third-order valence-corrected chi connectivity index (χ3v) is 1.59. The van der Waals surface area contributed by atoms with E-state index in [0.717, 1.165) is 13.1 Å². The van der Waals surface area contributed by atoms with Gasteiger partial charge in [-0.1, -0.05) is 25.4 Å². The normalized spacial score (nSPS) is 28.8. The average molecular weight is 166 g/mol. The summed E-state index contributed by atoms with van der Waals surface area (Å²) in [6.45, 7) is 8.33. The van der Waals surface area contributed by atoms with Crippen molar-refractivity contribution in [3.63, 3.8) is 0 Å². The molecule has 1 heterocycles. The van der Waals surface area contributed by atoms with Crippen molar-refractivity contribution in [1.29, 1.82) is 0 Å². The van der Waals surface area contributed by atoms with E-state index in [1.54, 1.807) is 0 Å². The summed E-state index contributed by atoms with van der Waals surface area (Å²) in [5.74, 6) is 0. The first kappa shape index (κ1) is 10.2. The highest BCUT2D eigenvalue weighted by Crippen LogP contribution is 2.23. The SMILES string of the molecule is CC1OC1Cl.CCNCC. The monoisotopic (exact) mass is 165 g/mol. The number of rotatable bonds is 2. The second-order valence-corrected chi connectivity index (χ2v) is 2.58. The van der Waals surface area contributed by atoms with Gasteiger partial charge in [-0.05, 0) is 20.0 Å². The molecular formula is C7H16ClNO. The molecule has 1 rings (SSSR count). The van der Waals surface area contributed by atoms with Crippen LogP contribution in [-0.4, -0.2) is 24.8 Å². The molecule has 2 unspecified atom stereocenters. The van der Waals surface area contributed by atoms with Gasteiger partial charge in [-0.3, -0.25) is 0 Å². The van der Waals surface area contributed by atoms with Crippen LogP contribution in [0.25, 0.3) is 0 Å². The van der Waals surface area contributed by atoms with Gasteiger partial charge in [0, 0.05) is 0 Å². The third kappa shape index (κ3) is 6.33. The van der Waals surface area contributed by atoms with Crippen LogP contribution in [0.2, 0.25) is 0 Å². The minimum atomic E-state index is 0.0231. The second-order valence-electron chi connectivity index (χ2n) is 2.15. The number of alkyl halides is 1. The quantitative estimate of drug-likeness (QED) is 0.497. The summed E-state index contributed by atoms with van der Waals surface area (Å²) in [5.41, 5.74) is 0.0231. The van der Waals surface area contributed by atoms with Crippen molar-refractivity contribution in [2.45, 2.75) is 32.4 Å². The van der Waals surface area contributed by atoms with E-state index in [1.165, 1.54) is 0 Å². The highest BCUT2D eigenvalue weighted by atomic mass is 35.5. The maximum absolute atomic E-state index is 5.31. The number of nitrogens with one attached hydrogen (secondary N) is 1. The van der Waals surface area contributed by atoms with Crippen molar-refractivity contribution in [3.8, 4) is 0 Å². The van der Waals surface area contributed by atoms with Crippen LogP contribution in [0.1, 0.15) is 20.8 Å². The Balaban J connectivity index is 0.000000162. The summed E-state index contributed by atoms with van der Waals surface area (Å²) in [4.78, 5) is 0. The smallest absolute Gasteiger partial charge is 0.157 e. The summed E-state index contributed by atoms with van der Waals surface area (Å²) in [5, 5.41) is 3.11. The number of halogens is 1. The van der Waals surface area contributed by atoms with Gasteiger partial charge in [-0.15, -0.1) is 0 Å². The van der Waals surface area contributed by atoms with Crippen molar-refractivity contribution in [2.75, 3.05) is 13.1 Å². The van der Waals surface area contributed by atoms with Gasteiger partial charge in [0.15, 0.2) is 5.56 Å². The van der Waals surface area contributed by atoms with Crippen LogP contribution in [0.4, 0.5) is 0 Å². The van der Waals surface area contributed by atoms with Crippen LogP contribution in [0, 0.1) is 0 Å². The first-order chi connectivity index (χ1) is 4.72. The van der Waals surface area contributed by atoms with Crippen LogP contribution in [0.5, 0.6) is 0 Å². The maximum atomic E-state index is 5.31. The predicted octanol–water partition coefficient (Wildman–Crippen LogP) is 1.59. The Morgan fingerprint density at radius 3 is 1.70 bits per heavy atom. The standard InChI is InChI=1S/C4H11N.C3H5ClO/c1-3-5-4-2;1-2-3(4)5-2/h5H,3-4H2,1-2H3;2-3H,1H3. The average Bonchev–Trinajstić information content (AvgIpc) is 2.49. The molecular weight excluding hydrogens is 150 g/mol. The topological polar surface area (TPSA) is 24.6 Å². The van der Waals surface area contributed by atoms with E-state index in [0.29, 0.717) is 6.10 Å². The van der Waals surface area contributed by atoms with Crippen LogP contribution < -0.4 is 5.32 Å². The minimum absolute atomic E-state index is 0.0231. The Morgan fingerprint density at radius 1 is 1.40 bits per heavy atom. The van der Waals surface area contributed by atoms with Crippen molar-refractivity contribution in [1.82, 2.24) is 5.32 Å². The molecule has 0 amide bonds. The Labute approximate surface area is 67.9 Å². The van der Waals surface area contributed by atoms with Gasteiger partial charge >= 0.3 is 0 Å². The molecule has 1 N–H and O–H groups in total. The van der Waals surface area contributed by atoms with E-state index >= 15 is 0 Å². The molecule has 0 aliphatic carbocycles. The van der Waals surface area contributed by atoms with Crippen LogP contribution >= 0.6 is 11.6 Å². The number of hydrogen-bond acceptors (Lipinski definition) is 2. The molecule has 0 aromatic carbocycles. The summed E-state index contributed by atoms with van der Waals surface area (Å²) in [6.07, 6.45) is 0.316. The van der Waals surface area contributed by atoms with E-state index in [1.807, 2.05) is 6.92 Å². The van der Waals surface area contributed by atoms with Crippen molar-refractivity contribution < 1.29 is 4.74 Å².